The topological polar surface area (TPSA) is 57.4 Å². The van der Waals surface area contributed by atoms with Crippen molar-refractivity contribution in [3.8, 4) is 0 Å². The largest absolute Gasteiger partial charge is 0.355 e. The predicted molar refractivity (Wildman–Crippen MR) is 118 cm³/mol. The minimum Gasteiger partial charge on any atom is -0.355 e. The normalized spacial score (nSPS) is 12.8. The molecular weight excluding hydrogens is 410 g/mol. The van der Waals surface area contributed by atoms with Gasteiger partial charge in [-0.1, -0.05) is 20.8 Å². The number of hydrogen-bond acceptors (Lipinski definition) is 2. The zero-order valence-electron chi connectivity index (χ0n) is 17.0. The van der Waals surface area contributed by atoms with E-state index >= 15 is 0 Å². The first-order chi connectivity index (χ1) is 13.4. The van der Waals surface area contributed by atoms with Gasteiger partial charge < -0.3 is 9.97 Å². The molecule has 3 aromatic heterocycles. The fourth-order valence-electron chi connectivity index (χ4n) is 3.64. The average molecular weight is 432 g/mol. The molecule has 0 aromatic carbocycles. The van der Waals surface area contributed by atoms with Gasteiger partial charge in [0.15, 0.2) is 0 Å². The van der Waals surface area contributed by atoms with Crippen LogP contribution in [0.1, 0.15) is 49.1 Å². The summed E-state index contributed by atoms with van der Waals surface area (Å²) in [5.41, 5.74) is 9.26. The molecule has 0 fully saturated rings. The molecule has 0 saturated heterocycles. The summed E-state index contributed by atoms with van der Waals surface area (Å²) in [6.45, 7) is 6.69. The summed E-state index contributed by atoms with van der Waals surface area (Å²) in [5, 5.41) is 0. The smallest absolute Gasteiger partial charge is 0.0658 e. The van der Waals surface area contributed by atoms with E-state index in [1.807, 2.05) is 18.2 Å². The number of rotatable bonds is 0. The van der Waals surface area contributed by atoms with Gasteiger partial charge >= 0.3 is 0 Å². The maximum absolute atomic E-state index is 4.76. The fourth-order valence-corrected chi connectivity index (χ4v) is 3.64. The Morgan fingerprint density at radius 3 is 1.62 bits per heavy atom. The number of aromatic amines is 2. The Morgan fingerprint density at radius 1 is 0.621 bits per heavy atom. The van der Waals surface area contributed by atoms with Crippen molar-refractivity contribution in [1.82, 2.24) is 19.9 Å². The molecule has 0 atom stereocenters. The van der Waals surface area contributed by atoms with E-state index in [1.165, 1.54) is 5.56 Å². The molecule has 5 rings (SSSR count). The maximum atomic E-state index is 4.76. The molecule has 140 valence electrons. The Labute approximate surface area is 182 Å². The fraction of sp³-hybridized carbons (Fsp3) is 0.167. The van der Waals surface area contributed by atoms with Crippen molar-refractivity contribution in [2.75, 3.05) is 0 Å². The zero-order valence-corrected chi connectivity index (χ0v) is 19.9. The molecule has 0 radical (unpaired) electrons. The Morgan fingerprint density at radius 2 is 1.10 bits per heavy atom. The second kappa shape index (κ2) is 7.24. The zero-order chi connectivity index (χ0) is 19.3. The van der Waals surface area contributed by atoms with Crippen LogP contribution < -0.4 is 0 Å². The second-order valence-electron chi connectivity index (χ2n) is 8.34. The first kappa shape index (κ1) is 19.5. The Hall–Kier alpha value is -2.78. The number of aromatic nitrogens is 4. The van der Waals surface area contributed by atoms with Crippen molar-refractivity contribution >= 4 is 46.4 Å². The van der Waals surface area contributed by atoms with Crippen LogP contribution >= 0.6 is 0 Å². The summed E-state index contributed by atoms with van der Waals surface area (Å²) in [4.78, 5) is 16.4. The second-order valence-corrected chi connectivity index (χ2v) is 8.34. The molecule has 0 unspecified atom stereocenters. The van der Waals surface area contributed by atoms with Gasteiger partial charge in [0.1, 0.15) is 0 Å². The molecule has 3 aromatic rings. The SMILES string of the molecule is CC(C)(C)c1cc2cc3nc(cc4ccc(cc5nc(cc1[nH]2)C=C5)[nH]4)C=C3.[Zn]. The van der Waals surface area contributed by atoms with Crippen molar-refractivity contribution in [2.24, 2.45) is 0 Å². The first-order valence-electron chi connectivity index (χ1n) is 9.51. The molecule has 0 saturated carbocycles. The molecule has 4 nitrogen and oxygen atoms in total. The van der Waals surface area contributed by atoms with Crippen LogP contribution in [-0.4, -0.2) is 19.9 Å². The van der Waals surface area contributed by atoms with Crippen LogP contribution in [0.3, 0.4) is 0 Å². The van der Waals surface area contributed by atoms with Gasteiger partial charge in [-0.25, -0.2) is 9.97 Å². The van der Waals surface area contributed by atoms with E-state index in [9.17, 15) is 0 Å². The third kappa shape index (κ3) is 4.01. The summed E-state index contributed by atoms with van der Waals surface area (Å²) in [6.07, 6.45) is 8.19. The van der Waals surface area contributed by atoms with Gasteiger partial charge in [0.25, 0.3) is 0 Å². The predicted octanol–water partition coefficient (Wildman–Crippen LogP) is 5.95. The quantitative estimate of drug-likeness (QED) is 0.298. The molecular formula is C24H22N4Zn. The van der Waals surface area contributed by atoms with E-state index in [0.29, 0.717) is 0 Å². The summed E-state index contributed by atoms with van der Waals surface area (Å²) in [7, 11) is 0. The third-order valence-electron chi connectivity index (χ3n) is 4.98. The monoisotopic (exact) mass is 430 g/mol. The van der Waals surface area contributed by atoms with Crippen molar-refractivity contribution in [3.05, 3.63) is 70.8 Å². The van der Waals surface area contributed by atoms with Crippen LogP contribution in [0.25, 0.3) is 46.4 Å². The van der Waals surface area contributed by atoms with Gasteiger partial charge in [-0.15, -0.1) is 0 Å². The van der Waals surface area contributed by atoms with Gasteiger partial charge in [-0.3, -0.25) is 0 Å². The van der Waals surface area contributed by atoms with E-state index in [4.69, 9.17) is 9.97 Å². The Kier molecular flexibility index (Phi) is 4.88. The summed E-state index contributed by atoms with van der Waals surface area (Å²) >= 11 is 0. The van der Waals surface area contributed by atoms with Crippen LogP contribution in [0.2, 0.25) is 0 Å². The van der Waals surface area contributed by atoms with E-state index in [-0.39, 0.29) is 24.9 Å². The van der Waals surface area contributed by atoms with E-state index in [2.05, 4.69) is 79.3 Å². The number of nitrogens with one attached hydrogen (secondary N) is 2. The third-order valence-corrected chi connectivity index (χ3v) is 4.98. The number of fused-ring (bicyclic) bond motifs is 8. The molecule has 0 spiro atoms. The van der Waals surface area contributed by atoms with Crippen molar-refractivity contribution in [1.29, 1.82) is 0 Å². The van der Waals surface area contributed by atoms with E-state index in [1.54, 1.807) is 0 Å². The molecule has 29 heavy (non-hydrogen) atoms. The van der Waals surface area contributed by atoms with Gasteiger partial charge in [-0.2, -0.15) is 0 Å². The van der Waals surface area contributed by atoms with Gasteiger partial charge in [0.2, 0.25) is 0 Å². The molecule has 2 N–H and O–H groups in total. The van der Waals surface area contributed by atoms with Gasteiger partial charge in [0.05, 0.1) is 22.8 Å². The van der Waals surface area contributed by atoms with Crippen LogP contribution in [0, 0.1) is 0 Å². The van der Waals surface area contributed by atoms with Gasteiger partial charge in [-0.05, 0) is 77.7 Å². The van der Waals surface area contributed by atoms with E-state index in [0.717, 1.165) is 44.8 Å². The molecule has 2 aliphatic heterocycles. The summed E-state index contributed by atoms with van der Waals surface area (Å²) < 4.78 is 0. The Balaban J connectivity index is 0.00000205. The molecule has 8 bridgehead atoms. The molecule has 0 amide bonds. The summed E-state index contributed by atoms with van der Waals surface area (Å²) in [5.74, 6) is 0. The van der Waals surface area contributed by atoms with Crippen molar-refractivity contribution < 1.29 is 19.5 Å². The number of H-pyrrole nitrogens is 2. The Bertz CT molecular complexity index is 1300. The van der Waals surface area contributed by atoms with Crippen molar-refractivity contribution in [3.63, 3.8) is 0 Å². The van der Waals surface area contributed by atoms with Gasteiger partial charge in [0, 0.05) is 41.5 Å². The minimum atomic E-state index is 0. The first-order valence-corrected chi connectivity index (χ1v) is 9.51. The van der Waals surface area contributed by atoms with Crippen LogP contribution in [-0.2, 0) is 24.9 Å². The van der Waals surface area contributed by atoms with E-state index < -0.39 is 0 Å². The molecule has 5 heteroatoms. The number of nitrogens with zero attached hydrogens (tertiary/aromatic N) is 2. The molecule has 2 aliphatic rings. The average Bonchev–Trinajstić information content (AvgIpc) is 3.38. The van der Waals surface area contributed by atoms with Crippen LogP contribution in [0.5, 0.6) is 0 Å². The standard InChI is InChI=1S/C24H22N4.Zn/c1-24(2,3)22-13-21-12-19-7-6-17(26-19)10-15-4-5-16(25-15)11-18-8-9-20(27-18)14-23(22)28-21;/h4-14,25,28H,1-3H3;. The maximum Gasteiger partial charge on any atom is 0.0658 e. The van der Waals surface area contributed by atoms with Crippen LogP contribution in [0.15, 0.2) is 42.5 Å². The minimum absolute atomic E-state index is 0. The number of hydrogen-bond donors (Lipinski definition) is 2. The van der Waals surface area contributed by atoms with Crippen LogP contribution in [0.4, 0.5) is 0 Å². The molecule has 5 heterocycles. The van der Waals surface area contributed by atoms with Crippen molar-refractivity contribution in [2.45, 2.75) is 26.2 Å². The molecule has 0 aliphatic carbocycles. The summed E-state index contributed by atoms with van der Waals surface area (Å²) in [6, 6.07) is 14.7.